The van der Waals surface area contributed by atoms with Crippen LogP contribution in [0.5, 0.6) is 0 Å². The predicted molar refractivity (Wildman–Crippen MR) is 98.6 cm³/mol. The first-order valence-corrected chi connectivity index (χ1v) is 9.28. The number of hydrogen-bond donors (Lipinski definition) is 1. The lowest BCUT2D eigenvalue weighted by Gasteiger charge is -2.07. The van der Waals surface area contributed by atoms with Gasteiger partial charge in [-0.15, -0.1) is 11.8 Å². The SMILES string of the molecule is O=C(CSCc1cccc(Br)c1)NCc1ccc(Cl)cc1Cl. The molecule has 0 aliphatic carbocycles. The number of halogens is 3. The van der Waals surface area contributed by atoms with Crippen LogP contribution in [-0.4, -0.2) is 11.7 Å². The number of hydrogen-bond acceptors (Lipinski definition) is 2. The van der Waals surface area contributed by atoms with E-state index in [1.54, 1.807) is 23.9 Å². The maximum atomic E-state index is 11.8. The second kappa shape index (κ2) is 8.82. The van der Waals surface area contributed by atoms with Crippen molar-refractivity contribution in [3.8, 4) is 0 Å². The highest BCUT2D eigenvalue weighted by atomic mass is 79.9. The summed E-state index contributed by atoms with van der Waals surface area (Å²) in [5.41, 5.74) is 2.05. The van der Waals surface area contributed by atoms with Gasteiger partial charge in [0.05, 0.1) is 5.75 Å². The van der Waals surface area contributed by atoms with Crippen LogP contribution < -0.4 is 5.32 Å². The second-order valence-electron chi connectivity index (χ2n) is 4.64. The van der Waals surface area contributed by atoms with Gasteiger partial charge in [-0.1, -0.05) is 57.3 Å². The van der Waals surface area contributed by atoms with Crippen LogP contribution in [-0.2, 0) is 17.1 Å². The van der Waals surface area contributed by atoms with Gasteiger partial charge in [-0.2, -0.15) is 0 Å². The number of benzene rings is 2. The minimum atomic E-state index is -0.00832. The summed E-state index contributed by atoms with van der Waals surface area (Å²) in [6.07, 6.45) is 0. The van der Waals surface area contributed by atoms with Crippen molar-refractivity contribution in [2.45, 2.75) is 12.3 Å². The van der Waals surface area contributed by atoms with E-state index in [0.717, 1.165) is 15.8 Å². The van der Waals surface area contributed by atoms with E-state index in [1.165, 1.54) is 5.56 Å². The van der Waals surface area contributed by atoms with Crippen molar-refractivity contribution < 1.29 is 4.79 Å². The van der Waals surface area contributed by atoms with Crippen LogP contribution in [0.4, 0.5) is 0 Å². The quantitative estimate of drug-likeness (QED) is 0.688. The topological polar surface area (TPSA) is 29.1 Å². The van der Waals surface area contributed by atoms with Crippen molar-refractivity contribution in [3.63, 3.8) is 0 Å². The Hall–Kier alpha value is -0.680. The molecule has 0 saturated heterocycles. The first-order chi connectivity index (χ1) is 10.5. The summed E-state index contributed by atoms with van der Waals surface area (Å²) in [7, 11) is 0. The molecule has 22 heavy (non-hydrogen) atoms. The van der Waals surface area contributed by atoms with Gasteiger partial charge in [0.2, 0.25) is 5.91 Å². The average molecular weight is 419 g/mol. The minimum absolute atomic E-state index is 0.00832. The molecule has 0 fully saturated rings. The van der Waals surface area contributed by atoms with Gasteiger partial charge in [0, 0.05) is 26.8 Å². The lowest BCUT2D eigenvalue weighted by Crippen LogP contribution is -2.24. The molecular weight excluding hydrogens is 405 g/mol. The van der Waals surface area contributed by atoms with E-state index >= 15 is 0 Å². The van der Waals surface area contributed by atoms with Gasteiger partial charge in [0.1, 0.15) is 0 Å². The monoisotopic (exact) mass is 417 g/mol. The third-order valence-corrected chi connectivity index (χ3v) is 4.97. The molecule has 0 radical (unpaired) electrons. The molecule has 0 saturated carbocycles. The molecule has 0 spiro atoms. The normalized spacial score (nSPS) is 10.5. The molecule has 2 aromatic carbocycles. The highest BCUT2D eigenvalue weighted by Gasteiger charge is 2.05. The van der Waals surface area contributed by atoms with Crippen LogP contribution in [0.3, 0.4) is 0 Å². The average Bonchev–Trinajstić information content (AvgIpc) is 2.46. The van der Waals surface area contributed by atoms with Gasteiger partial charge in [-0.05, 0) is 35.4 Å². The summed E-state index contributed by atoms with van der Waals surface area (Å²) < 4.78 is 1.05. The largest absolute Gasteiger partial charge is 0.351 e. The molecule has 6 heteroatoms. The van der Waals surface area contributed by atoms with Gasteiger partial charge in [-0.25, -0.2) is 0 Å². The van der Waals surface area contributed by atoms with Crippen molar-refractivity contribution >= 4 is 56.8 Å². The molecule has 0 aliphatic heterocycles. The lowest BCUT2D eigenvalue weighted by atomic mass is 10.2. The Kier molecular flexibility index (Phi) is 7.09. The molecule has 1 amide bonds. The Labute approximate surface area is 152 Å². The van der Waals surface area contributed by atoms with E-state index in [9.17, 15) is 4.79 Å². The highest BCUT2D eigenvalue weighted by molar-refractivity contribution is 9.10. The smallest absolute Gasteiger partial charge is 0.230 e. The fourth-order valence-electron chi connectivity index (χ4n) is 1.80. The Bertz CT molecular complexity index is 666. The van der Waals surface area contributed by atoms with Crippen molar-refractivity contribution in [1.82, 2.24) is 5.32 Å². The van der Waals surface area contributed by atoms with Gasteiger partial charge in [0.15, 0.2) is 0 Å². The molecular formula is C16H14BrCl2NOS. The number of amides is 1. The van der Waals surface area contributed by atoms with Crippen molar-refractivity contribution in [3.05, 3.63) is 68.1 Å². The van der Waals surface area contributed by atoms with Gasteiger partial charge < -0.3 is 5.32 Å². The summed E-state index contributed by atoms with van der Waals surface area (Å²) >= 11 is 16.9. The fourth-order valence-corrected chi connectivity index (χ4v) is 3.52. The van der Waals surface area contributed by atoms with Gasteiger partial charge >= 0.3 is 0 Å². The number of rotatable bonds is 6. The van der Waals surface area contributed by atoms with E-state index in [2.05, 4.69) is 27.3 Å². The Morgan fingerprint density at radius 3 is 2.73 bits per heavy atom. The third kappa shape index (κ3) is 5.84. The van der Waals surface area contributed by atoms with E-state index in [0.29, 0.717) is 22.3 Å². The maximum Gasteiger partial charge on any atom is 0.230 e. The van der Waals surface area contributed by atoms with Gasteiger partial charge in [0.25, 0.3) is 0 Å². The second-order valence-corrected chi connectivity index (χ2v) is 7.38. The molecule has 2 aromatic rings. The van der Waals surface area contributed by atoms with Crippen LogP contribution >= 0.6 is 50.9 Å². The third-order valence-electron chi connectivity index (χ3n) is 2.88. The lowest BCUT2D eigenvalue weighted by molar-refractivity contribution is -0.118. The van der Waals surface area contributed by atoms with E-state index < -0.39 is 0 Å². The summed E-state index contributed by atoms with van der Waals surface area (Å²) in [6, 6.07) is 13.3. The molecule has 0 aromatic heterocycles. The first-order valence-electron chi connectivity index (χ1n) is 6.57. The zero-order valence-corrected chi connectivity index (χ0v) is 15.5. The molecule has 0 aliphatic rings. The van der Waals surface area contributed by atoms with Crippen LogP contribution in [0.2, 0.25) is 10.0 Å². The molecule has 0 bridgehead atoms. The number of carbonyl (C=O) groups is 1. The Balaban J connectivity index is 1.74. The molecule has 1 N–H and O–H groups in total. The zero-order valence-electron chi connectivity index (χ0n) is 11.6. The predicted octanol–water partition coefficient (Wildman–Crippen LogP) is 5.31. The summed E-state index contributed by atoms with van der Waals surface area (Å²) in [4.78, 5) is 11.8. The van der Waals surface area contributed by atoms with Crippen LogP contribution in [0, 0.1) is 0 Å². The minimum Gasteiger partial charge on any atom is -0.351 e. The number of thioether (sulfide) groups is 1. The zero-order chi connectivity index (χ0) is 15.9. The molecule has 0 unspecified atom stereocenters. The number of nitrogens with one attached hydrogen (secondary N) is 1. The highest BCUT2D eigenvalue weighted by Crippen LogP contribution is 2.21. The van der Waals surface area contributed by atoms with Crippen LogP contribution in [0.25, 0.3) is 0 Å². The molecule has 0 atom stereocenters. The first kappa shape index (κ1) is 17.7. The molecule has 2 nitrogen and oxygen atoms in total. The summed E-state index contributed by atoms with van der Waals surface area (Å²) in [5, 5.41) is 4.01. The van der Waals surface area contributed by atoms with Gasteiger partial charge in [-0.3, -0.25) is 4.79 Å². The van der Waals surface area contributed by atoms with Crippen molar-refractivity contribution in [2.24, 2.45) is 0 Å². The fraction of sp³-hybridized carbons (Fsp3) is 0.188. The van der Waals surface area contributed by atoms with E-state index in [1.807, 2.05) is 24.3 Å². The summed E-state index contributed by atoms with van der Waals surface area (Å²) in [5.74, 6) is 1.21. The molecule has 2 rings (SSSR count). The Morgan fingerprint density at radius 2 is 2.00 bits per heavy atom. The van der Waals surface area contributed by atoms with Crippen LogP contribution in [0.1, 0.15) is 11.1 Å². The van der Waals surface area contributed by atoms with E-state index in [4.69, 9.17) is 23.2 Å². The van der Waals surface area contributed by atoms with Crippen molar-refractivity contribution in [1.29, 1.82) is 0 Å². The standard InChI is InChI=1S/C16H14BrCl2NOS/c17-13-3-1-2-11(6-13)9-22-10-16(21)20-8-12-4-5-14(18)7-15(12)19/h1-7H,8-10H2,(H,20,21). The van der Waals surface area contributed by atoms with E-state index in [-0.39, 0.29) is 5.91 Å². The maximum absolute atomic E-state index is 11.8. The Morgan fingerprint density at radius 1 is 1.18 bits per heavy atom. The summed E-state index contributed by atoms with van der Waals surface area (Å²) in [6.45, 7) is 0.409. The molecule has 116 valence electrons. The number of carbonyl (C=O) groups excluding carboxylic acids is 1. The molecule has 0 heterocycles. The van der Waals surface area contributed by atoms with Crippen molar-refractivity contribution in [2.75, 3.05) is 5.75 Å². The van der Waals surface area contributed by atoms with Crippen LogP contribution in [0.15, 0.2) is 46.9 Å².